The average Bonchev–Trinajstić information content (AvgIpc) is 2.97. The Morgan fingerprint density at radius 3 is 2.36 bits per heavy atom. The van der Waals surface area contributed by atoms with Crippen LogP contribution in [0.2, 0.25) is 0 Å². The predicted octanol–water partition coefficient (Wildman–Crippen LogP) is 6.37. The maximum atomic E-state index is 13.5. The zero-order valence-electron chi connectivity index (χ0n) is 26.8. The number of carboxylic acid groups (broad SMARTS) is 1. The van der Waals surface area contributed by atoms with Crippen molar-refractivity contribution in [3.63, 3.8) is 0 Å². The first kappa shape index (κ1) is 34.8. The highest BCUT2D eigenvalue weighted by molar-refractivity contribution is 6.03. The molecule has 0 unspecified atom stereocenters. The van der Waals surface area contributed by atoms with Gasteiger partial charge < -0.3 is 20.5 Å². The molecule has 0 aliphatic carbocycles. The fraction of sp³-hybridized carbons (Fsp3) is 0.400. The van der Waals surface area contributed by atoms with Crippen molar-refractivity contribution in [3.8, 4) is 11.1 Å². The minimum absolute atomic E-state index is 0.0341. The second-order valence-corrected chi connectivity index (χ2v) is 12.0. The zero-order valence-corrected chi connectivity index (χ0v) is 26.8. The van der Waals surface area contributed by atoms with Crippen LogP contribution in [0.5, 0.6) is 0 Å². The number of unbranched alkanes of at least 4 members (excludes halogenated alkanes) is 2. The maximum absolute atomic E-state index is 13.5. The van der Waals surface area contributed by atoms with Gasteiger partial charge in [-0.1, -0.05) is 67.4 Å². The number of carbonyl (C=O) groups is 4. The van der Waals surface area contributed by atoms with Crippen LogP contribution in [0.4, 0.5) is 10.5 Å². The van der Waals surface area contributed by atoms with Crippen LogP contribution in [-0.4, -0.2) is 57.6 Å². The van der Waals surface area contributed by atoms with Crippen molar-refractivity contribution in [1.29, 1.82) is 0 Å². The molecule has 3 N–H and O–H groups in total. The van der Waals surface area contributed by atoms with E-state index in [4.69, 9.17) is 9.84 Å². The molecule has 0 atom stereocenters. The highest BCUT2D eigenvalue weighted by atomic mass is 16.6. The Balaban J connectivity index is 1.85. The van der Waals surface area contributed by atoms with Crippen LogP contribution in [-0.2, 0) is 27.3 Å². The third kappa shape index (κ3) is 11.7. The highest BCUT2D eigenvalue weighted by Gasteiger charge is 2.25. The van der Waals surface area contributed by atoms with E-state index in [1.54, 1.807) is 33.0 Å². The number of aromatic nitrogens is 1. The molecule has 10 heteroatoms. The van der Waals surface area contributed by atoms with Crippen molar-refractivity contribution >= 4 is 29.6 Å². The molecule has 3 rings (SSSR count). The Morgan fingerprint density at radius 2 is 1.67 bits per heavy atom. The molecule has 2 aromatic carbocycles. The molecule has 0 bridgehead atoms. The Bertz CT molecular complexity index is 1500. The van der Waals surface area contributed by atoms with Gasteiger partial charge in [0.2, 0.25) is 5.91 Å². The van der Waals surface area contributed by atoms with E-state index in [2.05, 4.69) is 22.5 Å². The third-order valence-electron chi connectivity index (χ3n) is 6.84. The summed E-state index contributed by atoms with van der Waals surface area (Å²) in [4.78, 5) is 56.3. The largest absolute Gasteiger partial charge is 0.481 e. The van der Waals surface area contributed by atoms with Crippen molar-refractivity contribution in [2.75, 3.05) is 18.4 Å². The van der Waals surface area contributed by atoms with E-state index >= 15 is 0 Å². The summed E-state index contributed by atoms with van der Waals surface area (Å²) in [5.41, 5.74) is 4.08. The summed E-state index contributed by atoms with van der Waals surface area (Å²) >= 11 is 0. The van der Waals surface area contributed by atoms with E-state index in [-0.39, 0.29) is 30.9 Å². The lowest BCUT2D eigenvalue weighted by Crippen LogP contribution is -2.41. The standard InChI is InChI=1S/C35H44N4O6/c1-6-25-13-11-15-27(19-25)28-20-29(32(37-21-28)33(43)36-17-9-7-8-16-31(41)42)38-30(40)23-39(34(44)45-35(3,4)5)22-26-14-10-12-24(2)18-26/h10-15,18-21H,6-9,16-17,22-23H2,1-5H3,(H,36,43)(H,38,40)(H,41,42). The van der Waals surface area contributed by atoms with E-state index in [9.17, 15) is 19.2 Å². The maximum Gasteiger partial charge on any atom is 0.411 e. The van der Waals surface area contributed by atoms with Gasteiger partial charge in [0, 0.05) is 31.3 Å². The van der Waals surface area contributed by atoms with Gasteiger partial charge in [-0.05, 0) is 69.7 Å². The lowest BCUT2D eigenvalue weighted by Gasteiger charge is -2.27. The van der Waals surface area contributed by atoms with Crippen LogP contribution in [0.25, 0.3) is 11.1 Å². The van der Waals surface area contributed by atoms with Crippen molar-refractivity contribution in [2.45, 2.75) is 78.9 Å². The molecule has 0 saturated carbocycles. The number of anilines is 1. The van der Waals surface area contributed by atoms with Gasteiger partial charge in [0.15, 0.2) is 5.69 Å². The van der Waals surface area contributed by atoms with Crippen molar-refractivity contribution in [2.24, 2.45) is 0 Å². The number of amides is 3. The summed E-state index contributed by atoms with van der Waals surface area (Å²) in [5.74, 6) is -1.84. The minimum atomic E-state index is -0.850. The van der Waals surface area contributed by atoms with Gasteiger partial charge in [-0.2, -0.15) is 0 Å². The second-order valence-electron chi connectivity index (χ2n) is 12.0. The molecule has 45 heavy (non-hydrogen) atoms. The van der Waals surface area contributed by atoms with Crippen molar-refractivity contribution in [3.05, 3.63) is 83.2 Å². The molecule has 0 aliphatic rings. The lowest BCUT2D eigenvalue weighted by atomic mass is 10.0. The third-order valence-corrected chi connectivity index (χ3v) is 6.84. The highest BCUT2D eigenvalue weighted by Crippen LogP contribution is 2.26. The summed E-state index contributed by atoms with van der Waals surface area (Å²) in [7, 11) is 0. The lowest BCUT2D eigenvalue weighted by molar-refractivity contribution is -0.137. The van der Waals surface area contributed by atoms with Crippen molar-refractivity contribution in [1.82, 2.24) is 15.2 Å². The number of rotatable bonds is 14. The Labute approximate surface area is 265 Å². The van der Waals surface area contributed by atoms with Crippen LogP contribution >= 0.6 is 0 Å². The molecule has 10 nitrogen and oxygen atoms in total. The van der Waals surface area contributed by atoms with Gasteiger partial charge in [0.25, 0.3) is 5.91 Å². The Hall–Kier alpha value is -4.73. The number of hydrogen-bond donors (Lipinski definition) is 3. The molecule has 0 radical (unpaired) electrons. The quantitative estimate of drug-likeness (QED) is 0.179. The van der Waals surface area contributed by atoms with E-state index in [1.165, 1.54) is 4.90 Å². The molecule has 3 amide bonds. The number of pyridine rings is 1. The molecule has 0 spiro atoms. The van der Waals surface area contributed by atoms with E-state index in [0.717, 1.165) is 34.2 Å². The molecule has 240 valence electrons. The SMILES string of the molecule is CCc1cccc(-c2cnc(C(=O)NCCCCCC(=O)O)c(NC(=O)CN(Cc3cccc(C)c3)C(=O)OC(C)(C)C)c2)c1. The Kier molecular flexibility index (Phi) is 12.6. The molecule has 0 saturated heterocycles. The minimum Gasteiger partial charge on any atom is -0.481 e. The second kappa shape index (κ2) is 16.4. The normalized spacial score (nSPS) is 11.0. The number of hydrogen-bond acceptors (Lipinski definition) is 6. The average molecular weight is 617 g/mol. The number of benzene rings is 2. The first-order chi connectivity index (χ1) is 21.3. The van der Waals surface area contributed by atoms with Gasteiger partial charge in [-0.25, -0.2) is 9.78 Å². The first-order valence-corrected chi connectivity index (χ1v) is 15.3. The van der Waals surface area contributed by atoms with E-state index in [0.29, 0.717) is 25.8 Å². The summed E-state index contributed by atoms with van der Waals surface area (Å²) in [5, 5.41) is 14.5. The summed E-state index contributed by atoms with van der Waals surface area (Å²) < 4.78 is 5.60. The van der Waals surface area contributed by atoms with Gasteiger partial charge in [-0.3, -0.25) is 19.3 Å². The van der Waals surface area contributed by atoms with Gasteiger partial charge in [-0.15, -0.1) is 0 Å². The Morgan fingerprint density at radius 1 is 0.933 bits per heavy atom. The number of carbonyl (C=O) groups excluding carboxylic acids is 3. The number of nitrogens with zero attached hydrogens (tertiary/aromatic N) is 2. The fourth-order valence-electron chi connectivity index (χ4n) is 4.64. The molecule has 1 aromatic heterocycles. The number of aryl methyl sites for hydroxylation is 2. The first-order valence-electron chi connectivity index (χ1n) is 15.3. The van der Waals surface area contributed by atoms with E-state index in [1.807, 2.05) is 55.5 Å². The number of nitrogens with one attached hydrogen (secondary N) is 2. The van der Waals surface area contributed by atoms with Gasteiger partial charge in [0.05, 0.1) is 5.69 Å². The molecule has 0 aliphatic heterocycles. The van der Waals surface area contributed by atoms with Crippen LogP contribution in [0.3, 0.4) is 0 Å². The monoisotopic (exact) mass is 616 g/mol. The van der Waals surface area contributed by atoms with E-state index < -0.39 is 29.5 Å². The molecular weight excluding hydrogens is 572 g/mol. The van der Waals surface area contributed by atoms with Crippen LogP contribution in [0, 0.1) is 6.92 Å². The smallest absolute Gasteiger partial charge is 0.411 e. The number of ether oxygens (including phenoxy) is 1. The zero-order chi connectivity index (χ0) is 33.0. The van der Waals surface area contributed by atoms with Gasteiger partial charge in [0.1, 0.15) is 12.1 Å². The predicted molar refractivity (Wildman–Crippen MR) is 174 cm³/mol. The van der Waals surface area contributed by atoms with Crippen LogP contribution < -0.4 is 10.6 Å². The number of aliphatic carboxylic acids is 1. The molecule has 3 aromatic rings. The van der Waals surface area contributed by atoms with Crippen molar-refractivity contribution < 1.29 is 29.0 Å². The summed E-state index contributed by atoms with van der Waals surface area (Å²) in [6.45, 7) is 9.46. The molecular formula is C35H44N4O6. The summed E-state index contributed by atoms with van der Waals surface area (Å²) in [6.07, 6.45) is 3.66. The molecule has 0 fully saturated rings. The van der Waals surface area contributed by atoms with Crippen LogP contribution in [0.15, 0.2) is 60.8 Å². The number of carboxylic acids is 1. The molecule has 1 heterocycles. The van der Waals surface area contributed by atoms with Gasteiger partial charge >= 0.3 is 12.1 Å². The topological polar surface area (TPSA) is 138 Å². The fourth-order valence-corrected chi connectivity index (χ4v) is 4.64. The van der Waals surface area contributed by atoms with Crippen LogP contribution in [0.1, 0.15) is 80.6 Å². The summed E-state index contributed by atoms with van der Waals surface area (Å²) in [6, 6.07) is 17.3.